The third kappa shape index (κ3) is 3.30. The minimum absolute atomic E-state index is 0.00845. The van der Waals surface area contributed by atoms with Crippen LogP contribution in [-0.2, 0) is 12.4 Å². The first kappa shape index (κ1) is 22.4. The highest BCUT2D eigenvalue weighted by atomic mass is 19.4. The Hall–Kier alpha value is -4.80. The third-order valence-electron chi connectivity index (χ3n) is 5.44. The van der Waals surface area contributed by atoms with Gasteiger partial charge in [-0.2, -0.15) is 47.4 Å². The van der Waals surface area contributed by atoms with Crippen molar-refractivity contribution in [3.05, 3.63) is 69.8 Å². The highest BCUT2D eigenvalue weighted by Crippen LogP contribution is 2.46. The van der Waals surface area contributed by atoms with Crippen molar-refractivity contribution in [3.63, 3.8) is 0 Å². The van der Waals surface area contributed by atoms with Gasteiger partial charge in [0.05, 0.1) is 33.4 Å². The Kier molecular flexibility index (Phi) is 4.86. The van der Waals surface area contributed by atoms with E-state index in [1.54, 1.807) is 24.3 Å². The summed E-state index contributed by atoms with van der Waals surface area (Å²) in [4.78, 5) is 0. The van der Waals surface area contributed by atoms with Gasteiger partial charge in [0.2, 0.25) is 0 Å². The molecule has 0 fully saturated rings. The van der Waals surface area contributed by atoms with Crippen LogP contribution in [0, 0.1) is 45.3 Å². The highest BCUT2D eigenvalue weighted by molar-refractivity contribution is 6.26. The molecule has 0 aromatic heterocycles. The summed E-state index contributed by atoms with van der Waals surface area (Å²) in [6, 6.07) is 12.5. The first-order valence-electron chi connectivity index (χ1n) is 9.24. The minimum Gasteiger partial charge on any atom is -0.192 e. The predicted octanol–water partition coefficient (Wildman–Crippen LogP) is 6.67. The van der Waals surface area contributed by atoms with Gasteiger partial charge in [0.25, 0.3) is 0 Å². The molecule has 4 aromatic rings. The van der Waals surface area contributed by atoms with Gasteiger partial charge in [0.1, 0.15) is 24.3 Å². The molecular formula is C24H6F6N4. The lowest BCUT2D eigenvalue weighted by Crippen LogP contribution is -2.16. The molecule has 0 saturated heterocycles. The number of nitriles is 4. The van der Waals surface area contributed by atoms with Crippen molar-refractivity contribution in [1.82, 2.24) is 0 Å². The zero-order valence-electron chi connectivity index (χ0n) is 16.5. The lowest BCUT2D eigenvalue weighted by atomic mass is 9.87. The van der Waals surface area contributed by atoms with E-state index in [1.165, 1.54) is 12.1 Å². The van der Waals surface area contributed by atoms with Crippen LogP contribution in [0.1, 0.15) is 33.4 Å². The Balaban J connectivity index is 2.41. The molecule has 0 spiro atoms. The second-order valence-electron chi connectivity index (χ2n) is 7.27. The number of halogens is 6. The van der Waals surface area contributed by atoms with Gasteiger partial charge >= 0.3 is 12.4 Å². The lowest BCUT2D eigenvalue weighted by Gasteiger charge is -2.19. The van der Waals surface area contributed by atoms with Crippen LogP contribution in [0.4, 0.5) is 26.3 Å². The zero-order chi connectivity index (χ0) is 25.0. The number of fused-ring (bicyclic) bond motifs is 6. The number of hydrogen-bond donors (Lipinski definition) is 0. The third-order valence-corrected chi connectivity index (χ3v) is 5.44. The van der Waals surface area contributed by atoms with E-state index < -0.39 is 23.5 Å². The molecule has 0 aliphatic heterocycles. The fourth-order valence-electron chi connectivity index (χ4n) is 3.98. The molecule has 0 aliphatic carbocycles. The van der Waals surface area contributed by atoms with E-state index in [2.05, 4.69) is 0 Å². The number of nitrogens with zero attached hydrogens (tertiary/aromatic N) is 4. The second-order valence-corrected chi connectivity index (χ2v) is 7.27. The van der Waals surface area contributed by atoms with Gasteiger partial charge in [-0.05, 0) is 68.7 Å². The van der Waals surface area contributed by atoms with Crippen molar-refractivity contribution in [2.24, 2.45) is 0 Å². The van der Waals surface area contributed by atoms with Crippen molar-refractivity contribution in [1.29, 1.82) is 21.0 Å². The van der Waals surface area contributed by atoms with Crippen LogP contribution in [0.15, 0.2) is 36.4 Å². The van der Waals surface area contributed by atoms with E-state index in [0.717, 1.165) is 12.1 Å². The SMILES string of the molecule is N#Cc1cc2c3cc(C#N)c(C#N)cc3c3cc(C(F)(F)F)c(C(F)(F)F)cc3c2cc1C#N. The van der Waals surface area contributed by atoms with E-state index in [1.807, 2.05) is 0 Å². The van der Waals surface area contributed by atoms with Crippen LogP contribution >= 0.6 is 0 Å². The quantitative estimate of drug-likeness (QED) is 0.214. The van der Waals surface area contributed by atoms with Gasteiger partial charge < -0.3 is 0 Å². The van der Waals surface area contributed by atoms with Crippen LogP contribution in [-0.4, -0.2) is 0 Å². The molecule has 164 valence electrons. The fourth-order valence-corrected chi connectivity index (χ4v) is 3.98. The second kappa shape index (κ2) is 7.37. The Labute approximate surface area is 186 Å². The predicted molar refractivity (Wildman–Crippen MR) is 108 cm³/mol. The number of rotatable bonds is 0. The molecule has 0 amide bonds. The van der Waals surface area contributed by atoms with Gasteiger partial charge in [0.15, 0.2) is 0 Å². The average molecular weight is 464 g/mol. The summed E-state index contributed by atoms with van der Waals surface area (Å²) in [5, 5.41) is 37.3. The maximum atomic E-state index is 13.6. The molecule has 0 radical (unpaired) electrons. The van der Waals surface area contributed by atoms with Crippen molar-refractivity contribution >= 4 is 32.3 Å². The molecule has 4 aromatic carbocycles. The summed E-state index contributed by atoms with van der Waals surface area (Å²) in [5.41, 5.74) is -4.41. The van der Waals surface area contributed by atoms with Gasteiger partial charge in [-0.25, -0.2) is 0 Å². The standard InChI is InChI=1S/C24H6F6N4/c25-23(26,27)21-5-19-17-3-13(9-33)11(7-31)1-15(17)16-2-12(8-32)14(10-34)4-18(16)20(19)6-22(21)24(28,29)30/h1-6H. The first-order valence-corrected chi connectivity index (χ1v) is 9.24. The molecular weight excluding hydrogens is 458 g/mol. The fraction of sp³-hybridized carbons (Fsp3) is 0.0833. The summed E-state index contributed by atoms with van der Waals surface area (Å²) >= 11 is 0. The van der Waals surface area contributed by atoms with Crippen LogP contribution in [0.2, 0.25) is 0 Å². The number of alkyl halides is 6. The molecule has 0 saturated carbocycles. The maximum Gasteiger partial charge on any atom is 0.417 e. The first-order chi connectivity index (χ1) is 15.9. The molecule has 0 N–H and O–H groups in total. The molecule has 0 heterocycles. The van der Waals surface area contributed by atoms with Crippen molar-refractivity contribution in [3.8, 4) is 24.3 Å². The molecule has 4 nitrogen and oxygen atoms in total. The van der Waals surface area contributed by atoms with E-state index in [4.69, 9.17) is 0 Å². The van der Waals surface area contributed by atoms with Crippen LogP contribution in [0.5, 0.6) is 0 Å². The molecule has 4 rings (SSSR count). The monoisotopic (exact) mass is 464 g/mol. The summed E-state index contributed by atoms with van der Waals surface area (Å²) in [6.07, 6.45) is -10.7. The normalized spacial score (nSPS) is 11.7. The van der Waals surface area contributed by atoms with Crippen LogP contribution in [0.25, 0.3) is 32.3 Å². The van der Waals surface area contributed by atoms with Gasteiger partial charge in [-0.15, -0.1) is 0 Å². The Morgan fingerprint density at radius 3 is 0.794 bits per heavy atom. The van der Waals surface area contributed by atoms with Gasteiger partial charge in [-0.1, -0.05) is 0 Å². The van der Waals surface area contributed by atoms with Crippen LogP contribution < -0.4 is 0 Å². The number of hydrogen-bond acceptors (Lipinski definition) is 4. The molecule has 0 aliphatic rings. The van der Waals surface area contributed by atoms with Gasteiger partial charge in [0, 0.05) is 0 Å². The van der Waals surface area contributed by atoms with Crippen molar-refractivity contribution < 1.29 is 26.3 Å². The Bertz CT molecular complexity index is 1590. The highest BCUT2D eigenvalue weighted by Gasteiger charge is 2.43. The topological polar surface area (TPSA) is 95.2 Å². The summed E-state index contributed by atoms with van der Waals surface area (Å²) in [6.45, 7) is 0. The largest absolute Gasteiger partial charge is 0.417 e. The molecule has 10 heteroatoms. The van der Waals surface area contributed by atoms with E-state index in [0.29, 0.717) is 12.1 Å². The average Bonchev–Trinajstić information content (AvgIpc) is 2.80. The van der Waals surface area contributed by atoms with Crippen molar-refractivity contribution in [2.45, 2.75) is 12.4 Å². The Morgan fingerprint density at radius 2 is 0.618 bits per heavy atom. The minimum atomic E-state index is -5.34. The zero-order valence-corrected chi connectivity index (χ0v) is 16.5. The van der Waals surface area contributed by atoms with Crippen molar-refractivity contribution in [2.75, 3.05) is 0 Å². The molecule has 0 atom stereocenters. The van der Waals surface area contributed by atoms with E-state index >= 15 is 0 Å². The van der Waals surface area contributed by atoms with Gasteiger partial charge in [-0.3, -0.25) is 0 Å². The summed E-state index contributed by atoms with van der Waals surface area (Å²) in [7, 11) is 0. The molecule has 0 unspecified atom stereocenters. The maximum absolute atomic E-state index is 13.6. The Morgan fingerprint density at radius 1 is 0.412 bits per heavy atom. The molecule has 0 bridgehead atoms. The van der Waals surface area contributed by atoms with Crippen LogP contribution in [0.3, 0.4) is 0 Å². The summed E-state index contributed by atoms with van der Waals surface area (Å²) < 4.78 is 81.8. The smallest absolute Gasteiger partial charge is 0.192 e. The van der Waals surface area contributed by atoms with E-state index in [9.17, 15) is 47.4 Å². The summed E-state index contributed by atoms with van der Waals surface area (Å²) in [5.74, 6) is 0. The number of benzene rings is 4. The lowest BCUT2D eigenvalue weighted by molar-refractivity contribution is -0.161. The molecule has 34 heavy (non-hydrogen) atoms. The van der Waals surface area contributed by atoms with E-state index in [-0.39, 0.29) is 54.6 Å².